The summed E-state index contributed by atoms with van der Waals surface area (Å²) in [6.07, 6.45) is 0. The average molecular weight is 388 g/mol. The number of aromatic nitrogens is 3. The number of rotatable bonds is 6. The minimum atomic E-state index is -0.218. The zero-order valence-electron chi connectivity index (χ0n) is 16.1. The molecule has 1 N–H and O–H groups in total. The summed E-state index contributed by atoms with van der Waals surface area (Å²) in [5.74, 6) is 1.27. The fourth-order valence-electron chi connectivity index (χ4n) is 3.04. The summed E-state index contributed by atoms with van der Waals surface area (Å²) in [4.78, 5) is 12.6. The summed E-state index contributed by atoms with van der Waals surface area (Å²) >= 11 is 0. The number of methoxy groups -OCH3 is 2. The molecule has 1 heterocycles. The molecule has 0 saturated carbocycles. The summed E-state index contributed by atoms with van der Waals surface area (Å²) < 4.78 is 12.2. The summed E-state index contributed by atoms with van der Waals surface area (Å²) in [6.45, 7) is 0.579. The van der Waals surface area contributed by atoms with E-state index in [0.29, 0.717) is 29.1 Å². The highest BCUT2D eigenvalue weighted by molar-refractivity contribution is 6.05. The van der Waals surface area contributed by atoms with Crippen LogP contribution in [0.3, 0.4) is 0 Å². The first-order valence-corrected chi connectivity index (χ1v) is 9.08. The molecule has 0 aliphatic rings. The maximum Gasteiger partial charge on any atom is 0.255 e. The topological polar surface area (TPSA) is 78.3 Å². The van der Waals surface area contributed by atoms with E-state index in [2.05, 4.69) is 15.6 Å². The fourth-order valence-corrected chi connectivity index (χ4v) is 3.04. The molecule has 1 amide bonds. The summed E-state index contributed by atoms with van der Waals surface area (Å²) in [6, 6.07) is 20.4. The second-order valence-corrected chi connectivity index (χ2v) is 6.48. The highest BCUT2D eigenvalue weighted by atomic mass is 16.5. The number of benzene rings is 3. The van der Waals surface area contributed by atoms with E-state index in [1.165, 1.54) is 0 Å². The van der Waals surface area contributed by atoms with Gasteiger partial charge in [0.1, 0.15) is 17.0 Å². The molecule has 3 aromatic carbocycles. The highest BCUT2D eigenvalue weighted by Crippen LogP contribution is 2.20. The number of anilines is 1. The monoisotopic (exact) mass is 388 g/mol. The lowest BCUT2D eigenvalue weighted by Crippen LogP contribution is -2.11. The molecule has 0 bridgehead atoms. The Morgan fingerprint density at radius 3 is 2.52 bits per heavy atom. The molecule has 0 aliphatic heterocycles. The molecule has 0 unspecified atom stereocenters. The lowest BCUT2D eigenvalue weighted by Gasteiger charge is -2.07. The molecule has 1 aromatic heterocycles. The van der Waals surface area contributed by atoms with Crippen LogP contribution in [-0.2, 0) is 6.54 Å². The number of hydrogen-bond donors (Lipinski definition) is 1. The molecule has 4 aromatic rings. The molecule has 4 rings (SSSR count). The number of carbonyl (C=O) groups is 1. The van der Waals surface area contributed by atoms with E-state index in [0.717, 1.165) is 16.8 Å². The van der Waals surface area contributed by atoms with Gasteiger partial charge in [-0.05, 0) is 48.0 Å². The Balaban J connectivity index is 1.53. The first-order chi connectivity index (χ1) is 14.2. The van der Waals surface area contributed by atoms with Gasteiger partial charge in [-0.25, -0.2) is 4.68 Å². The molecule has 0 fully saturated rings. The van der Waals surface area contributed by atoms with E-state index in [1.807, 2.05) is 48.5 Å². The second kappa shape index (κ2) is 8.02. The first kappa shape index (κ1) is 18.5. The molecule has 7 heteroatoms. The maximum absolute atomic E-state index is 12.6. The fraction of sp³-hybridized carbons (Fsp3) is 0.136. The molecule has 146 valence electrons. The summed E-state index contributed by atoms with van der Waals surface area (Å²) in [7, 11) is 3.23. The van der Waals surface area contributed by atoms with E-state index >= 15 is 0 Å². The van der Waals surface area contributed by atoms with Gasteiger partial charge in [0.15, 0.2) is 0 Å². The molecule has 0 radical (unpaired) electrons. The maximum atomic E-state index is 12.6. The van der Waals surface area contributed by atoms with Crippen LogP contribution in [0.5, 0.6) is 11.5 Å². The van der Waals surface area contributed by atoms with Crippen molar-refractivity contribution in [3.63, 3.8) is 0 Å². The Morgan fingerprint density at radius 2 is 1.76 bits per heavy atom. The summed E-state index contributed by atoms with van der Waals surface area (Å²) in [5.41, 5.74) is 3.78. The predicted molar refractivity (Wildman–Crippen MR) is 111 cm³/mol. The normalized spacial score (nSPS) is 10.7. The predicted octanol–water partition coefficient (Wildman–Crippen LogP) is 3.75. The minimum absolute atomic E-state index is 0.218. The standard InChI is InChI=1S/C22H20N4O3/c1-28-18-9-6-15(7-10-18)14-26-21-11-8-16(12-20(21)24-25-26)22(27)23-17-4-3-5-19(13-17)29-2/h3-13H,14H2,1-2H3,(H,23,27). The first-order valence-electron chi connectivity index (χ1n) is 9.08. The number of carbonyl (C=O) groups excluding carboxylic acids is 1. The van der Waals surface area contributed by atoms with Gasteiger partial charge in [-0.15, -0.1) is 5.10 Å². The lowest BCUT2D eigenvalue weighted by atomic mass is 10.1. The molecular formula is C22H20N4O3. The molecule has 7 nitrogen and oxygen atoms in total. The van der Waals surface area contributed by atoms with Crippen LogP contribution in [-0.4, -0.2) is 35.1 Å². The van der Waals surface area contributed by atoms with Crippen LogP contribution in [0.4, 0.5) is 5.69 Å². The van der Waals surface area contributed by atoms with Crippen molar-refractivity contribution in [1.82, 2.24) is 15.0 Å². The van der Waals surface area contributed by atoms with Gasteiger partial charge in [0, 0.05) is 17.3 Å². The van der Waals surface area contributed by atoms with Crippen LogP contribution in [0.1, 0.15) is 15.9 Å². The van der Waals surface area contributed by atoms with Crippen molar-refractivity contribution in [2.24, 2.45) is 0 Å². The van der Waals surface area contributed by atoms with E-state index in [4.69, 9.17) is 9.47 Å². The van der Waals surface area contributed by atoms with Gasteiger partial charge in [0.05, 0.1) is 26.3 Å². The van der Waals surface area contributed by atoms with Crippen LogP contribution < -0.4 is 14.8 Å². The van der Waals surface area contributed by atoms with Crippen LogP contribution >= 0.6 is 0 Å². The summed E-state index contributed by atoms with van der Waals surface area (Å²) in [5, 5.41) is 11.3. The number of nitrogens with zero attached hydrogens (tertiary/aromatic N) is 3. The number of amides is 1. The lowest BCUT2D eigenvalue weighted by molar-refractivity contribution is 0.102. The molecule has 29 heavy (non-hydrogen) atoms. The number of ether oxygens (including phenoxy) is 2. The number of hydrogen-bond acceptors (Lipinski definition) is 5. The quantitative estimate of drug-likeness (QED) is 0.544. The number of fused-ring (bicyclic) bond motifs is 1. The SMILES string of the molecule is COc1ccc(Cn2nnc3cc(C(=O)Nc4cccc(OC)c4)ccc32)cc1. The van der Waals surface area contributed by atoms with Gasteiger partial charge >= 0.3 is 0 Å². The van der Waals surface area contributed by atoms with Crippen molar-refractivity contribution < 1.29 is 14.3 Å². The van der Waals surface area contributed by atoms with Gasteiger partial charge in [-0.1, -0.05) is 23.4 Å². The number of nitrogens with one attached hydrogen (secondary N) is 1. The molecule has 0 spiro atoms. The van der Waals surface area contributed by atoms with Crippen LogP contribution in [0, 0.1) is 0 Å². The zero-order chi connectivity index (χ0) is 20.2. The molecule has 0 atom stereocenters. The molecular weight excluding hydrogens is 368 g/mol. The van der Waals surface area contributed by atoms with E-state index in [-0.39, 0.29) is 5.91 Å². The Hall–Kier alpha value is -3.87. The van der Waals surface area contributed by atoms with Gasteiger partial charge < -0.3 is 14.8 Å². The third kappa shape index (κ3) is 4.03. The Kier molecular flexibility index (Phi) is 5.11. The highest BCUT2D eigenvalue weighted by Gasteiger charge is 2.11. The third-order valence-electron chi connectivity index (χ3n) is 4.60. The largest absolute Gasteiger partial charge is 0.497 e. The Labute approximate surface area is 167 Å². The van der Waals surface area contributed by atoms with Crippen molar-refractivity contribution in [1.29, 1.82) is 0 Å². The molecule has 0 aliphatic carbocycles. The zero-order valence-corrected chi connectivity index (χ0v) is 16.1. The van der Waals surface area contributed by atoms with Gasteiger partial charge in [0.2, 0.25) is 0 Å². The van der Waals surface area contributed by atoms with E-state index in [1.54, 1.807) is 37.1 Å². The van der Waals surface area contributed by atoms with E-state index in [9.17, 15) is 4.79 Å². The van der Waals surface area contributed by atoms with Gasteiger partial charge in [-0.3, -0.25) is 4.79 Å². The second-order valence-electron chi connectivity index (χ2n) is 6.48. The average Bonchev–Trinajstić information content (AvgIpc) is 3.16. The van der Waals surface area contributed by atoms with Gasteiger partial charge in [-0.2, -0.15) is 0 Å². The Bertz CT molecular complexity index is 1150. The van der Waals surface area contributed by atoms with Crippen molar-refractivity contribution in [2.45, 2.75) is 6.54 Å². The van der Waals surface area contributed by atoms with Crippen LogP contribution in [0.15, 0.2) is 66.7 Å². The Morgan fingerprint density at radius 1 is 0.966 bits per heavy atom. The van der Waals surface area contributed by atoms with E-state index < -0.39 is 0 Å². The van der Waals surface area contributed by atoms with Gasteiger partial charge in [0.25, 0.3) is 5.91 Å². The van der Waals surface area contributed by atoms with Crippen LogP contribution in [0.2, 0.25) is 0 Å². The van der Waals surface area contributed by atoms with Crippen LogP contribution in [0.25, 0.3) is 11.0 Å². The smallest absolute Gasteiger partial charge is 0.255 e. The third-order valence-corrected chi connectivity index (χ3v) is 4.60. The van der Waals surface area contributed by atoms with Crippen molar-refractivity contribution >= 4 is 22.6 Å². The molecule has 0 saturated heterocycles. The van der Waals surface area contributed by atoms with Crippen molar-refractivity contribution in [3.05, 3.63) is 77.9 Å². The minimum Gasteiger partial charge on any atom is -0.497 e. The van der Waals surface area contributed by atoms with Crippen molar-refractivity contribution in [3.8, 4) is 11.5 Å². The van der Waals surface area contributed by atoms with Crippen molar-refractivity contribution in [2.75, 3.05) is 19.5 Å².